The number of carbonyl (C=O) groups excluding carboxylic acids is 1. The number of hydrogen-bond acceptors (Lipinski definition) is 3. The molecule has 0 saturated heterocycles. The number of rotatable bonds is 6. The third-order valence-corrected chi connectivity index (χ3v) is 2.04. The van der Waals surface area contributed by atoms with E-state index in [0.29, 0.717) is 6.61 Å². The van der Waals surface area contributed by atoms with Gasteiger partial charge in [0, 0.05) is 12.4 Å². The molecule has 0 N–H and O–H groups in total. The number of carboxylic acid groups (broad SMARTS) is 1. The largest absolute Gasteiger partial charge is 1.00 e. The van der Waals surface area contributed by atoms with Gasteiger partial charge in [0.05, 0.1) is 6.61 Å². The summed E-state index contributed by atoms with van der Waals surface area (Å²) in [6.45, 7) is 2.81. The fourth-order valence-corrected chi connectivity index (χ4v) is 1.20. The molecule has 0 bridgehead atoms. The second-order valence-electron chi connectivity index (χ2n) is 3.39. The van der Waals surface area contributed by atoms with Gasteiger partial charge in [-0.25, -0.2) is 0 Å². The van der Waals surface area contributed by atoms with Gasteiger partial charge in [0.1, 0.15) is 5.75 Å². The summed E-state index contributed by atoms with van der Waals surface area (Å²) in [6.07, 6.45) is 2.08. The molecule has 0 atom stereocenters. The third-order valence-electron chi connectivity index (χ3n) is 2.04. The molecule has 0 fully saturated rings. The van der Waals surface area contributed by atoms with Gasteiger partial charge in [-0.1, -0.05) is 25.5 Å². The van der Waals surface area contributed by atoms with E-state index in [-0.39, 0.29) is 36.0 Å². The molecule has 82 valence electrons. The summed E-state index contributed by atoms with van der Waals surface area (Å²) in [4.78, 5) is 10.3. The maximum Gasteiger partial charge on any atom is 1.00 e. The van der Waals surface area contributed by atoms with E-state index in [4.69, 9.17) is 4.74 Å². The third kappa shape index (κ3) is 6.16. The minimum atomic E-state index is -1.06. The van der Waals surface area contributed by atoms with Gasteiger partial charge in [-0.05, 0) is 24.1 Å². The van der Waals surface area contributed by atoms with Crippen molar-refractivity contribution >= 4 is 5.97 Å². The van der Waals surface area contributed by atoms with E-state index in [1.807, 2.05) is 0 Å². The van der Waals surface area contributed by atoms with E-state index in [0.717, 1.165) is 24.2 Å². The van der Waals surface area contributed by atoms with Crippen LogP contribution < -0.4 is 39.4 Å². The number of benzene rings is 1. The zero-order chi connectivity index (χ0) is 11.1. The molecule has 1 rings (SSSR count). The van der Waals surface area contributed by atoms with E-state index < -0.39 is 5.97 Å². The summed E-state index contributed by atoms with van der Waals surface area (Å²) in [5, 5.41) is 10.3. The number of hydrogen-bond donors (Lipinski definition) is 0. The molecular weight excluding hydrogens is 215 g/mol. The average Bonchev–Trinajstić information content (AvgIpc) is 2.20. The van der Waals surface area contributed by atoms with Crippen molar-refractivity contribution in [2.75, 3.05) is 6.61 Å². The molecule has 3 nitrogen and oxygen atoms in total. The van der Waals surface area contributed by atoms with Crippen molar-refractivity contribution in [1.29, 1.82) is 0 Å². The first kappa shape index (κ1) is 15.5. The topological polar surface area (TPSA) is 49.4 Å². The van der Waals surface area contributed by atoms with Gasteiger partial charge in [-0.3, -0.25) is 0 Å². The van der Waals surface area contributed by atoms with Crippen molar-refractivity contribution in [3.8, 4) is 5.75 Å². The minimum Gasteiger partial charge on any atom is -0.550 e. The van der Waals surface area contributed by atoms with E-state index in [1.165, 1.54) is 0 Å². The Morgan fingerprint density at radius 3 is 2.44 bits per heavy atom. The molecule has 0 aliphatic heterocycles. The van der Waals surface area contributed by atoms with Crippen LogP contribution in [0, 0.1) is 0 Å². The first-order valence-electron chi connectivity index (χ1n) is 5.14. The average molecular weight is 230 g/mol. The summed E-state index contributed by atoms with van der Waals surface area (Å²) >= 11 is 0. The molecule has 1 aromatic carbocycles. The first-order valence-corrected chi connectivity index (χ1v) is 5.14. The summed E-state index contributed by atoms with van der Waals surface area (Å²) in [7, 11) is 0. The number of carboxylic acids is 1. The van der Waals surface area contributed by atoms with Gasteiger partial charge < -0.3 is 14.6 Å². The van der Waals surface area contributed by atoms with Crippen LogP contribution in [0.15, 0.2) is 24.3 Å². The van der Waals surface area contributed by atoms with Crippen LogP contribution in [0.4, 0.5) is 0 Å². The Balaban J connectivity index is 0.00000225. The normalized spacial score (nSPS) is 9.31. The van der Waals surface area contributed by atoms with Gasteiger partial charge in [0.15, 0.2) is 0 Å². The van der Waals surface area contributed by atoms with Crippen molar-refractivity contribution in [2.45, 2.75) is 26.2 Å². The zero-order valence-electron chi connectivity index (χ0n) is 9.86. The van der Waals surface area contributed by atoms with E-state index in [2.05, 4.69) is 6.92 Å². The van der Waals surface area contributed by atoms with Crippen LogP contribution in [0.25, 0.3) is 0 Å². The monoisotopic (exact) mass is 230 g/mol. The van der Waals surface area contributed by atoms with Crippen LogP contribution in [-0.4, -0.2) is 12.6 Å². The second kappa shape index (κ2) is 8.62. The quantitative estimate of drug-likeness (QED) is 0.426. The Hall–Kier alpha value is -0.510. The minimum absolute atomic E-state index is 0. The maximum absolute atomic E-state index is 10.3. The molecular formula is C12H15NaO3. The SMILES string of the molecule is CCCCOc1ccc(CC(=O)[O-])cc1.[Na+]. The van der Waals surface area contributed by atoms with Gasteiger partial charge in [0.25, 0.3) is 0 Å². The molecule has 0 radical (unpaired) electrons. The predicted molar refractivity (Wildman–Crippen MR) is 55.6 cm³/mol. The van der Waals surface area contributed by atoms with Gasteiger partial charge >= 0.3 is 29.6 Å². The second-order valence-corrected chi connectivity index (χ2v) is 3.39. The number of unbranched alkanes of at least 4 members (excludes halogenated alkanes) is 1. The van der Waals surface area contributed by atoms with Crippen molar-refractivity contribution in [3.05, 3.63) is 29.8 Å². The summed E-state index contributed by atoms with van der Waals surface area (Å²) in [5.74, 6) is -0.278. The van der Waals surface area contributed by atoms with Crippen molar-refractivity contribution in [1.82, 2.24) is 0 Å². The molecule has 0 aliphatic carbocycles. The molecule has 0 aliphatic rings. The summed E-state index contributed by atoms with van der Waals surface area (Å²) in [6, 6.07) is 7.07. The molecule has 0 aromatic heterocycles. The van der Waals surface area contributed by atoms with E-state index in [9.17, 15) is 9.90 Å². The van der Waals surface area contributed by atoms with Crippen molar-refractivity contribution < 1.29 is 44.2 Å². The fourth-order valence-electron chi connectivity index (χ4n) is 1.20. The molecule has 0 spiro atoms. The Bertz CT molecular complexity index is 309. The molecule has 16 heavy (non-hydrogen) atoms. The number of carbonyl (C=O) groups is 1. The van der Waals surface area contributed by atoms with Gasteiger partial charge in [-0.15, -0.1) is 0 Å². The van der Waals surface area contributed by atoms with Crippen molar-refractivity contribution in [2.24, 2.45) is 0 Å². The predicted octanol–water partition coefficient (Wildman–Crippen LogP) is -1.84. The summed E-state index contributed by atoms with van der Waals surface area (Å²) in [5.41, 5.74) is 0.734. The zero-order valence-corrected chi connectivity index (χ0v) is 11.9. The van der Waals surface area contributed by atoms with E-state index >= 15 is 0 Å². The van der Waals surface area contributed by atoms with Crippen LogP contribution in [0.3, 0.4) is 0 Å². The Labute approximate surface area is 118 Å². The van der Waals surface area contributed by atoms with Gasteiger partial charge in [0.2, 0.25) is 0 Å². The smallest absolute Gasteiger partial charge is 0.550 e. The Morgan fingerprint density at radius 2 is 1.94 bits per heavy atom. The molecule has 0 amide bonds. The Morgan fingerprint density at radius 1 is 1.31 bits per heavy atom. The molecule has 0 heterocycles. The standard InChI is InChI=1S/C12H16O3.Na/c1-2-3-8-15-11-6-4-10(5-7-11)9-12(13)14;/h4-7H,2-3,8-9H2,1H3,(H,13,14);/q;+1/p-1. The van der Waals surface area contributed by atoms with Crippen LogP contribution in [0.5, 0.6) is 5.75 Å². The Kier molecular flexibility index (Phi) is 8.35. The van der Waals surface area contributed by atoms with E-state index in [1.54, 1.807) is 24.3 Å². The number of ether oxygens (including phenoxy) is 1. The van der Waals surface area contributed by atoms with Crippen LogP contribution in [-0.2, 0) is 11.2 Å². The molecule has 0 saturated carbocycles. The van der Waals surface area contributed by atoms with Crippen molar-refractivity contribution in [3.63, 3.8) is 0 Å². The molecule has 1 aromatic rings. The summed E-state index contributed by atoms with van der Waals surface area (Å²) < 4.78 is 5.44. The van der Waals surface area contributed by atoms with Gasteiger partial charge in [-0.2, -0.15) is 0 Å². The van der Waals surface area contributed by atoms with Crippen LogP contribution in [0.1, 0.15) is 25.3 Å². The maximum atomic E-state index is 10.3. The van der Waals surface area contributed by atoms with Crippen LogP contribution >= 0.6 is 0 Å². The van der Waals surface area contributed by atoms with Crippen LogP contribution in [0.2, 0.25) is 0 Å². The molecule has 4 heteroatoms. The first-order chi connectivity index (χ1) is 7.22. The molecule has 0 unspecified atom stereocenters. The fraction of sp³-hybridized carbons (Fsp3) is 0.417. The number of aliphatic carboxylic acids is 1.